The lowest BCUT2D eigenvalue weighted by atomic mass is 10.1. The van der Waals surface area contributed by atoms with Crippen LogP contribution in [-0.2, 0) is 23.8 Å². The van der Waals surface area contributed by atoms with Gasteiger partial charge in [-0.05, 0) is 36.4 Å². The van der Waals surface area contributed by atoms with E-state index in [1.54, 1.807) is 12.1 Å². The van der Waals surface area contributed by atoms with Gasteiger partial charge < -0.3 is 23.9 Å². The summed E-state index contributed by atoms with van der Waals surface area (Å²) in [5.74, 6) is -2.40. The van der Waals surface area contributed by atoms with Crippen LogP contribution in [0.1, 0.15) is 26.5 Å². The lowest BCUT2D eigenvalue weighted by Gasteiger charge is -2.11. The maximum Gasteiger partial charge on any atom is 0.339 e. The molecular weight excluding hydrogens is 370 g/mol. The molecular formula is C19H17NO8. The van der Waals surface area contributed by atoms with E-state index >= 15 is 0 Å². The first kappa shape index (κ1) is 20.4. The van der Waals surface area contributed by atoms with Gasteiger partial charge in [-0.15, -0.1) is 0 Å². The van der Waals surface area contributed by atoms with Gasteiger partial charge in [-0.1, -0.05) is 0 Å². The largest absolute Gasteiger partial charge is 0.465 e. The molecule has 1 heterocycles. The van der Waals surface area contributed by atoms with Crippen LogP contribution in [0.5, 0.6) is 0 Å². The molecule has 0 aliphatic rings. The van der Waals surface area contributed by atoms with Gasteiger partial charge in [0.25, 0.3) is 5.91 Å². The van der Waals surface area contributed by atoms with Crippen molar-refractivity contribution in [3.63, 3.8) is 0 Å². The number of methoxy groups -OCH3 is 2. The Morgan fingerprint density at radius 3 is 2.46 bits per heavy atom. The number of carbonyl (C=O) groups is 4. The van der Waals surface area contributed by atoms with Gasteiger partial charge in [-0.2, -0.15) is 0 Å². The van der Waals surface area contributed by atoms with E-state index in [1.807, 2.05) is 0 Å². The van der Waals surface area contributed by atoms with Crippen LogP contribution in [0, 0.1) is 0 Å². The molecule has 0 aliphatic heterocycles. The number of benzene rings is 1. The van der Waals surface area contributed by atoms with Gasteiger partial charge in [0.05, 0.1) is 37.3 Å². The molecule has 0 radical (unpaired) electrons. The second-order valence-electron chi connectivity index (χ2n) is 5.25. The highest BCUT2D eigenvalue weighted by Gasteiger charge is 2.17. The van der Waals surface area contributed by atoms with Crippen LogP contribution in [0.25, 0.3) is 6.08 Å². The van der Waals surface area contributed by atoms with Crippen molar-refractivity contribution in [3.8, 4) is 0 Å². The first-order valence-corrected chi connectivity index (χ1v) is 7.93. The second kappa shape index (κ2) is 9.72. The predicted octanol–water partition coefficient (Wildman–Crippen LogP) is 2.05. The summed E-state index contributed by atoms with van der Waals surface area (Å²) >= 11 is 0. The summed E-state index contributed by atoms with van der Waals surface area (Å²) in [6.07, 6.45) is 3.93. The maximum atomic E-state index is 12.1. The van der Waals surface area contributed by atoms with Gasteiger partial charge in [0.2, 0.25) is 0 Å². The number of rotatable bonds is 7. The number of hydrogen-bond acceptors (Lipinski definition) is 8. The fraction of sp³-hybridized carbons (Fsp3) is 0.158. The molecule has 9 heteroatoms. The number of hydrogen-bond donors (Lipinski definition) is 1. The van der Waals surface area contributed by atoms with E-state index in [0.29, 0.717) is 5.76 Å². The lowest BCUT2D eigenvalue weighted by Crippen LogP contribution is -2.22. The highest BCUT2D eigenvalue weighted by atomic mass is 16.5. The highest BCUT2D eigenvalue weighted by molar-refractivity contribution is 6.04. The van der Waals surface area contributed by atoms with E-state index in [-0.39, 0.29) is 16.8 Å². The number of carbonyl (C=O) groups excluding carboxylic acids is 4. The maximum absolute atomic E-state index is 12.1. The third kappa shape index (κ3) is 5.56. The zero-order valence-electron chi connectivity index (χ0n) is 15.1. The van der Waals surface area contributed by atoms with Gasteiger partial charge in [-0.3, -0.25) is 4.79 Å². The molecule has 1 aromatic heterocycles. The minimum atomic E-state index is -0.761. The molecule has 1 amide bonds. The molecule has 1 N–H and O–H groups in total. The zero-order chi connectivity index (χ0) is 20.5. The molecule has 146 valence electrons. The monoisotopic (exact) mass is 387 g/mol. The molecule has 0 atom stereocenters. The molecule has 9 nitrogen and oxygen atoms in total. The number of furan rings is 1. The molecule has 0 spiro atoms. The number of esters is 3. The van der Waals surface area contributed by atoms with Crippen LogP contribution >= 0.6 is 0 Å². The molecule has 1 aromatic carbocycles. The van der Waals surface area contributed by atoms with Crippen LogP contribution in [-0.4, -0.2) is 44.6 Å². The van der Waals surface area contributed by atoms with Gasteiger partial charge in [0.15, 0.2) is 6.61 Å². The van der Waals surface area contributed by atoms with Crippen molar-refractivity contribution in [2.45, 2.75) is 0 Å². The standard InChI is InChI=1S/C19H17NO8/c1-25-18(23)12-5-7-14(19(24)26-2)15(10-12)20-16(21)11-28-17(22)8-6-13-4-3-9-27-13/h3-10H,11H2,1-2H3,(H,20,21)/b8-6+. The Labute approximate surface area is 159 Å². The summed E-state index contributed by atoms with van der Waals surface area (Å²) in [4.78, 5) is 47.2. The number of ether oxygens (including phenoxy) is 3. The number of anilines is 1. The minimum Gasteiger partial charge on any atom is -0.465 e. The summed E-state index contributed by atoms with van der Waals surface area (Å²) in [6.45, 7) is -0.607. The van der Waals surface area contributed by atoms with Crippen molar-refractivity contribution in [2.75, 3.05) is 26.1 Å². The summed E-state index contributed by atoms with van der Waals surface area (Å²) in [5, 5.41) is 2.40. The molecule has 2 aromatic rings. The first-order valence-electron chi connectivity index (χ1n) is 7.93. The van der Waals surface area contributed by atoms with Crippen molar-refractivity contribution in [2.24, 2.45) is 0 Å². The number of amides is 1. The third-order valence-electron chi connectivity index (χ3n) is 3.39. The molecule has 0 saturated heterocycles. The summed E-state index contributed by atoms with van der Waals surface area (Å²) < 4.78 is 19.1. The molecule has 0 aliphatic carbocycles. The van der Waals surface area contributed by atoms with Crippen LogP contribution in [0.15, 0.2) is 47.1 Å². The van der Waals surface area contributed by atoms with Crippen LogP contribution in [0.2, 0.25) is 0 Å². The Morgan fingerprint density at radius 1 is 1.07 bits per heavy atom. The fourth-order valence-electron chi connectivity index (χ4n) is 2.09. The van der Waals surface area contributed by atoms with Crippen molar-refractivity contribution in [3.05, 3.63) is 59.6 Å². The Bertz CT molecular complexity index is 899. The number of nitrogens with one attached hydrogen (secondary N) is 1. The fourth-order valence-corrected chi connectivity index (χ4v) is 2.09. The summed E-state index contributed by atoms with van der Waals surface area (Å²) in [7, 11) is 2.37. The molecule has 0 bridgehead atoms. The molecule has 0 saturated carbocycles. The first-order chi connectivity index (χ1) is 13.4. The Morgan fingerprint density at radius 2 is 1.82 bits per heavy atom. The van der Waals surface area contributed by atoms with Gasteiger partial charge in [-0.25, -0.2) is 14.4 Å². The Balaban J connectivity index is 2.03. The van der Waals surface area contributed by atoms with E-state index in [4.69, 9.17) is 9.15 Å². The average Bonchev–Trinajstić information content (AvgIpc) is 3.23. The second-order valence-corrected chi connectivity index (χ2v) is 5.25. The van der Waals surface area contributed by atoms with Gasteiger partial charge >= 0.3 is 17.9 Å². The minimum absolute atomic E-state index is 0.0157. The summed E-state index contributed by atoms with van der Waals surface area (Å²) in [5.41, 5.74) is 0.151. The average molecular weight is 387 g/mol. The Hall–Kier alpha value is -3.88. The lowest BCUT2D eigenvalue weighted by molar-refractivity contribution is -0.142. The SMILES string of the molecule is COC(=O)c1ccc(C(=O)OC)c(NC(=O)COC(=O)/C=C/c2ccco2)c1. The van der Waals surface area contributed by atoms with Crippen molar-refractivity contribution in [1.29, 1.82) is 0 Å². The van der Waals surface area contributed by atoms with Crippen molar-refractivity contribution < 1.29 is 37.8 Å². The van der Waals surface area contributed by atoms with Crippen LogP contribution in [0.3, 0.4) is 0 Å². The predicted molar refractivity (Wildman–Crippen MR) is 96.5 cm³/mol. The molecule has 2 rings (SSSR count). The van der Waals surface area contributed by atoms with Crippen LogP contribution in [0.4, 0.5) is 5.69 Å². The van der Waals surface area contributed by atoms with E-state index < -0.39 is 30.4 Å². The molecule has 0 fully saturated rings. The van der Waals surface area contributed by atoms with Crippen LogP contribution < -0.4 is 5.32 Å². The Kier molecular flexibility index (Phi) is 7.09. The highest BCUT2D eigenvalue weighted by Crippen LogP contribution is 2.19. The van der Waals surface area contributed by atoms with Gasteiger partial charge in [0, 0.05) is 6.08 Å². The topological polar surface area (TPSA) is 121 Å². The smallest absolute Gasteiger partial charge is 0.339 e. The molecule has 0 unspecified atom stereocenters. The van der Waals surface area contributed by atoms with E-state index in [1.165, 1.54) is 44.8 Å². The zero-order valence-corrected chi connectivity index (χ0v) is 15.1. The third-order valence-corrected chi connectivity index (χ3v) is 3.39. The van der Waals surface area contributed by atoms with E-state index in [2.05, 4.69) is 14.8 Å². The van der Waals surface area contributed by atoms with Gasteiger partial charge in [0.1, 0.15) is 5.76 Å². The normalized spacial score (nSPS) is 10.4. The molecule has 28 heavy (non-hydrogen) atoms. The van der Waals surface area contributed by atoms with E-state index in [0.717, 1.165) is 6.08 Å². The van der Waals surface area contributed by atoms with Crippen molar-refractivity contribution in [1.82, 2.24) is 0 Å². The van der Waals surface area contributed by atoms with Crippen molar-refractivity contribution >= 4 is 35.6 Å². The quantitative estimate of drug-likeness (QED) is 0.435. The summed E-state index contributed by atoms with van der Waals surface area (Å²) in [6, 6.07) is 7.21. The van der Waals surface area contributed by atoms with E-state index in [9.17, 15) is 19.2 Å².